The summed E-state index contributed by atoms with van der Waals surface area (Å²) in [5, 5.41) is 17.0. The van der Waals surface area contributed by atoms with Crippen LogP contribution in [-0.2, 0) is 11.4 Å². The number of nitrogens with zero attached hydrogens (tertiary/aromatic N) is 2. The molecule has 0 aliphatic carbocycles. The summed E-state index contributed by atoms with van der Waals surface area (Å²) in [4.78, 5) is 6.33. The molecule has 0 radical (unpaired) electrons. The van der Waals surface area contributed by atoms with Crippen molar-refractivity contribution in [1.82, 2.24) is 10.2 Å². The van der Waals surface area contributed by atoms with Gasteiger partial charge in [0.05, 0.1) is 30.7 Å². The van der Waals surface area contributed by atoms with E-state index in [1.54, 1.807) is 16.4 Å². The predicted octanol–water partition coefficient (Wildman–Crippen LogP) is 1.51. The smallest absolute Gasteiger partial charge is 0.177 e. The zero-order valence-corrected chi connectivity index (χ0v) is 9.89. The Balaban J connectivity index is 1.69. The standard InChI is InChI=1S/C11H12N2O3S/c14-9-6-13(15-7-9)5-8-4-10(16-12-8)11-2-1-3-17-11/h1-4,9,14H,5-7H2/t9-/m0/s1. The molecule has 1 atom stereocenters. The van der Waals surface area contributed by atoms with Gasteiger partial charge in [0.25, 0.3) is 0 Å². The zero-order chi connectivity index (χ0) is 11.7. The molecule has 1 aliphatic rings. The number of hydroxylamine groups is 2. The van der Waals surface area contributed by atoms with Gasteiger partial charge in [-0.05, 0) is 11.4 Å². The summed E-state index contributed by atoms with van der Waals surface area (Å²) < 4.78 is 5.26. The third-order valence-corrected chi connectivity index (χ3v) is 3.41. The molecule has 0 saturated carbocycles. The molecule has 0 unspecified atom stereocenters. The van der Waals surface area contributed by atoms with Crippen LogP contribution in [0.2, 0.25) is 0 Å². The number of aliphatic hydroxyl groups is 1. The van der Waals surface area contributed by atoms with Crippen molar-refractivity contribution < 1.29 is 14.5 Å². The SMILES string of the molecule is O[C@@H]1CON(Cc2cc(-c3cccs3)on2)C1. The number of β-amino-alcohol motifs (C(OH)–C–C–N with tert-alkyl or cyclic N) is 1. The first kappa shape index (κ1) is 10.9. The highest BCUT2D eigenvalue weighted by Gasteiger charge is 2.22. The first-order valence-corrected chi connectivity index (χ1v) is 6.24. The molecule has 90 valence electrons. The van der Waals surface area contributed by atoms with Crippen LogP contribution in [0.1, 0.15) is 5.69 Å². The minimum Gasteiger partial charge on any atom is -0.389 e. The van der Waals surface area contributed by atoms with Gasteiger partial charge in [-0.25, -0.2) is 0 Å². The van der Waals surface area contributed by atoms with E-state index >= 15 is 0 Å². The van der Waals surface area contributed by atoms with Crippen LogP contribution in [0, 0.1) is 0 Å². The van der Waals surface area contributed by atoms with Crippen molar-refractivity contribution in [2.75, 3.05) is 13.2 Å². The van der Waals surface area contributed by atoms with E-state index in [0.717, 1.165) is 16.3 Å². The van der Waals surface area contributed by atoms with Crippen LogP contribution in [0.25, 0.3) is 10.6 Å². The molecule has 0 amide bonds. The third-order valence-electron chi connectivity index (χ3n) is 2.53. The Hall–Kier alpha value is -1.21. The second-order valence-corrected chi connectivity index (χ2v) is 4.88. The van der Waals surface area contributed by atoms with Crippen LogP contribution in [0.15, 0.2) is 28.1 Å². The molecule has 1 saturated heterocycles. The molecule has 1 aliphatic heterocycles. The number of thiophene rings is 1. The van der Waals surface area contributed by atoms with Crippen LogP contribution in [-0.4, -0.2) is 34.6 Å². The lowest BCUT2D eigenvalue weighted by molar-refractivity contribution is -0.119. The monoisotopic (exact) mass is 252 g/mol. The summed E-state index contributed by atoms with van der Waals surface area (Å²) in [5.74, 6) is 0.773. The molecule has 6 heteroatoms. The summed E-state index contributed by atoms with van der Waals surface area (Å²) in [6, 6.07) is 5.87. The minimum absolute atomic E-state index is 0.357. The van der Waals surface area contributed by atoms with E-state index in [4.69, 9.17) is 9.36 Å². The first-order valence-electron chi connectivity index (χ1n) is 5.36. The van der Waals surface area contributed by atoms with Gasteiger partial charge in [-0.1, -0.05) is 11.2 Å². The van der Waals surface area contributed by atoms with Crippen molar-refractivity contribution in [1.29, 1.82) is 0 Å². The van der Waals surface area contributed by atoms with Crippen molar-refractivity contribution >= 4 is 11.3 Å². The van der Waals surface area contributed by atoms with Gasteiger partial charge in [-0.2, -0.15) is 5.06 Å². The summed E-state index contributed by atoms with van der Waals surface area (Å²) >= 11 is 1.61. The number of aliphatic hydroxyl groups excluding tert-OH is 1. The van der Waals surface area contributed by atoms with Gasteiger partial charge < -0.3 is 9.63 Å². The van der Waals surface area contributed by atoms with E-state index in [1.165, 1.54) is 0 Å². The summed E-state index contributed by atoms with van der Waals surface area (Å²) in [5.41, 5.74) is 0.808. The average molecular weight is 252 g/mol. The van der Waals surface area contributed by atoms with Gasteiger partial charge in [0.15, 0.2) is 5.76 Å². The molecule has 3 rings (SSSR count). The number of aromatic nitrogens is 1. The quantitative estimate of drug-likeness (QED) is 0.897. The molecule has 0 spiro atoms. The van der Waals surface area contributed by atoms with E-state index in [0.29, 0.717) is 19.7 Å². The van der Waals surface area contributed by atoms with Crippen LogP contribution >= 0.6 is 11.3 Å². The molecule has 1 fully saturated rings. The molecule has 1 N–H and O–H groups in total. The van der Waals surface area contributed by atoms with Gasteiger partial charge in [0.1, 0.15) is 5.69 Å². The molecule has 17 heavy (non-hydrogen) atoms. The number of hydrogen-bond acceptors (Lipinski definition) is 6. The highest BCUT2D eigenvalue weighted by atomic mass is 32.1. The van der Waals surface area contributed by atoms with E-state index in [2.05, 4.69) is 5.16 Å². The number of rotatable bonds is 3. The van der Waals surface area contributed by atoms with Gasteiger partial charge in [-0.15, -0.1) is 11.3 Å². The van der Waals surface area contributed by atoms with E-state index in [9.17, 15) is 5.11 Å². The predicted molar refractivity (Wildman–Crippen MR) is 62.2 cm³/mol. The van der Waals surface area contributed by atoms with E-state index in [-0.39, 0.29) is 0 Å². The Morgan fingerprint density at radius 2 is 2.53 bits per heavy atom. The molecule has 0 bridgehead atoms. The third kappa shape index (κ3) is 2.39. The maximum atomic E-state index is 9.32. The maximum absolute atomic E-state index is 9.32. The highest BCUT2D eigenvalue weighted by molar-refractivity contribution is 7.13. The fourth-order valence-corrected chi connectivity index (χ4v) is 2.42. The fourth-order valence-electron chi connectivity index (χ4n) is 1.74. The van der Waals surface area contributed by atoms with Crippen molar-refractivity contribution in [3.05, 3.63) is 29.3 Å². The topological polar surface area (TPSA) is 58.7 Å². The Labute approximate surface area is 102 Å². The second kappa shape index (κ2) is 4.58. The normalized spacial score (nSPS) is 21.1. The van der Waals surface area contributed by atoms with Crippen LogP contribution < -0.4 is 0 Å². The molecule has 2 aromatic heterocycles. The Morgan fingerprint density at radius 3 is 3.24 bits per heavy atom. The highest BCUT2D eigenvalue weighted by Crippen LogP contribution is 2.25. The van der Waals surface area contributed by atoms with Crippen molar-refractivity contribution in [3.63, 3.8) is 0 Å². The van der Waals surface area contributed by atoms with Gasteiger partial charge >= 0.3 is 0 Å². The van der Waals surface area contributed by atoms with Crippen molar-refractivity contribution in [2.45, 2.75) is 12.6 Å². The fraction of sp³-hybridized carbons (Fsp3) is 0.364. The molecular formula is C11H12N2O3S. The summed E-state index contributed by atoms with van der Waals surface area (Å²) in [7, 11) is 0. The lowest BCUT2D eigenvalue weighted by Gasteiger charge is -2.10. The van der Waals surface area contributed by atoms with Gasteiger partial charge in [0, 0.05) is 6.07 Å². The zero-order valence-electron chi connectivity index (χ0n) is 9.07. The molecule has 3 heterocycles. The second-order valence-electron chi connectivity index (χ2n) is 3.93. The van der Waals surface area contributed by atoms with Crippen LogP contribution in [0.5, 0.6) is 0 Å². The first-order chi connectivity index (χ1) is 8.31. The lowest BCUT2D eigenvalue weighted by atomic mass is 10.3. The number of hydrogen-bond donors (Lipinski definition) is 1. The van der Waals surface area contributed by atoms with Crippen LogP contribution in [0.4, 0.5) is 0 Å². The summed E-state index contributed by atoms with van der Waals surface area (Å²) in [6.45, 7) is 1.41. The van der Waals surface area contributed by atoms with E-state index < -0.39 is 6.10 Å². The molecule has 2 aromatic rings. The van der Waals surface area contributed by atoms with Gasteiger partial charge in [-0.3, -0.25) is 4.84 Å². The lowest BCUT2D eigenvalue weighted by Crippen LogP contribution is -2.20. The Bertz CT molecular complexity index is 483. The summed E-state index contributed by atoms with van der Waals surface area (Å²) in [6.07, 6.45) is -0.404. The maximum Gasteiger partial charge on any atom is 0.177 e. The Morgan fingerprint density at radius 1 is 1.59 bits per heavy atom. The van der Waals surface area contributed by atoms with Gasteiger partial charge in [0.2, 0.25) is 0 Å². The van der Waals surface area contributed by atoms with Crippen molar-refractivity contribution in [2.24, 2.45) is 0 Å². The molecule has 5 nitrogen and oxygen atoms in total. The molecule has 0 aromatic carbocycles. The van der Waals surface area contributed by atoms with Crippen LogP contribution in [0.3, 0.4) is 0 Å². The Kier molecular flexibility index (Phi) is 2.94. The largest absolute Gasteiger partial charge is 0.389 e. The van der Waals surface area contributed by atoms with E-state index in [1.807, 2.05) is 23.6 Å². The molecular weight excluding hydrogens is 240 g/mol. The average Bonchev–Trinajstić information content (AvgIpc) is 3.00. The van der Waals surface area contributed by atoms with Crippen molar-refractivity contribution in [3.8, 4) is 10.6 Å². The minimum atomic E-state index is -0.404.